The molecule has 5 nitrogen and oxygen atoms in total. The van der Waals surface area contributed by atoms with Crippen LogP contribution in [0.2, 0.25) is 0 Å². The number of aromatic nitrogens is 2. The van der Waals surface area contributed by atoms with E-state index in [1.54, 1.807) is 0 Å². The normalized spacial score (nSPS) is 11.9. The maximum absolute atomic E-state index is 11.6. The summed E-state index contributed by atoms with van der Waals surface area (Å²) in [5.74, 6) is -0.980. The van der Waals surface area contributed by atoms with Gasteiger partial charge in [-0.3, -0.25) is 4.79 Å². The number of hydrogen-bond donors (Lipinski definition) is 1. The fourth-order valence-corrected chi connectivity index (χ4v) is 1.09. The Morgan fingerprint density at radius 2 is 2.07 bits per heavy atom. The highest BCUT2D eigenvalue weighted by atomic mass is 16.1. The fraction of sp³-hybridized carbons (Fsp3) is 0.400. The Morgan fingerprint density at radius 1 is 1.47 bits per heavy atom. The van der Waals surface area contributed by atoms with Crippen LogP contribution in [0.3, 0.4) is 0 Å². The lowest BCUT2D eigenvalue weighted by Crippen LogP contribution is -2.25. The zero-order valence-corrected chi connectivity index (χ0v) is 8.64. The van der Waals surface area contributed by atoms with Gasteiger partial charge in [0, 0.05) is 0 Å². The van der Waals surface area contributed by atoms with E-state index >= 15 is 0 Å². The summed E-state index contributed by atoms with van der Waals surface area (Å²) in [6.45, 7) is 3.66. The third-order valence-electron chi connectivity index (χ3n) is 1.92. The number of nitriles is 1. The first-order chi connectivity index (χ1) is 7.15. The molecule has 0 fully saturated rings. The van der Waals surface area contributed by atoms with Crippen LogP contribution in [0.4, 0.5) is 5.69 Å². The van der Waals surface area contributed by atoms with Crippen molar-refractivity contribution in [2.24, 2.45) is 11.8 Å². The topological polar surface area (TPSA) is 78.7 Å². The Hall–Kier alpha value is -1.96. The molecule has 1 atom stereocenters. The van der Waals surface area contributed by atoms with E-state index in [1.807, 2.05) is 19.9 Å². The van der Waals surface area contributed by atoms with E-state index in [-0.39, 0.29) is 11.8 Å². The number of anilines is 1. The molecule has 0 spiro atoms. The number of rotatable bonds is 3. The maximum Gasteiger partial charge on any atom is 0.242 e. The van der Waals surface area contributed by atoms with Crippen LogP contribution in [-0.2, 0) is 4.79 Å². The van der Waals surface area contributed by atoms with E-state index in [9.17, 15) is 4.79 Å². The Bertz CT molecular complexity index is 369. The fourth-order valence-electron chi connectivity index (χ4n) is 1.09. The van der Waals surface area contributed by atoms with Crippen molar-refractivity contribution in [3.63, 3.8) is 0 Å². The average Bonchev–Trinajstić information content (AvgIpc) is 2.19. The molecule has 1 unspecified atom stereocenters. The molecule has 0 saturated carbocycles. The van der Waals surface area contributed by atoms with Gasteiger partial charge in [0.05, 0.1) is 24.2 Å². The molecule has 1 N–H and O–H groups in total. The van der Waals surface area contributed by atoms with Crippen LogP contribution in [0.5, 0.6) is 0 Å². The first-order valence-electron chi connectivity index (χ1n) is 4.60. The van der Waals surface area contributed by atoms with Gasteiger partial charge in [-0.2, -0.15) is 5.26 Å². The number of carbonyl (C=O) groups is 1. The van der Waals surface area contributed by atoms with Crippen LogP contribution in [0.1, 0.15) is 13.8 Å². The molecule has 0 saturated heterocycles. The molecule has 1 amide bonds. The van der Waals surface area contributed by atoms with Crippen LogP contribution in [0.15, 0.2) is 18.7 Å². The molecule has 1 aromatic heterocycles. The summed E-state index contributed by atoms with van der Waals surface area (Å²) in [5.41, 5.74) is 0.503. The predicted molar refractivity (Wildman–Crippen MR) is 54.6 cm³/mol. The van der Waals surface area contributed by atoms with E-state index in [0.29, 0.717) is 5.69 Å². The standard InChI is InChI=1S/C10H12N4O/c1-7(2)9(3-11)10(15)14-8-4-12-6-13-5-8/h4-7,9H,1-2H3,(H,14,15). The lowest BCUT2D eigenvalue weighted by atomic mass is 9.97. The number of amides is 1. The molecule has 0 aliphatic heterocycles. The summed E-state index contributed by atoms with van der Waals surface area (Å²) in [4.78, 5) is 19.1. The van der Waals surface area contributed by atoms with Gasteiger partial charge in [0.1, 0.15) is 12.2 Å². The summed E-state index contributed by atoms with van der Waals surface area (Å²) in [7, 11) is 0. The van der Waals surface area contributed by atoms with Gasteiger partial charge in [0.15, 0.2) is 0 Å². The zero-order valence-electron chi connectivity index (χ0n) is 8.64. The molecule has 0 bridgehead atoms. The second-order valence-corrected chi connectivity index (χ2v) is 3.47. The average molecular weight is 204 g/mol. The number of nitrogens with zero attached hydrogens (tertiary/aromatic N) is 3. The van der Waals surface area contributed by atoms with Crippen molar-refractivity contribution < 1.29 is 4.79 Å². The Morgan fingerprint density at radius 3 is 2.53 bits per heavy atom. The van der Waals surface area contributed by atoms with Crippen LogP contribution >= 0.6 is 0 Å². The second-order valence-electron chi connectivity index (χ2n) is 3.47. The van der Waals surface area contributed by atoms with Gasteiger partial charge in [0.25, 0.3) is 0 Å². The Labute approximate surface area is 88.2 Å². The quantitative estimate of drug-likeness (QED) is 0.802. The molecule has 1 rings (SSSR count). The molecular weight excluding hydrogens is 192 g/mol. The highest BCUT2D eigenvalue weighted by molar-refractivity contribution is 5.93. The lowest BCUT2D eigenvalue weighted by molar-refractivity contribution is -0.119. The second kappa shape index (κ2) is 5.05. The Kier molecular flexibility index (Phi) is 3.75. The number of carbonyl (C=O) groups excluding carboxylic acids is 1. The summed E-state index contributed by atoms with van der Waals surface area (Å²) in [6.07, 6.45) is 4.35. The maximum atomic E-state index is 11.6. The third-order valence-corrected chi connectivity index (χ3v) is 1.92. The Balaban J connectivity index is 2.68. The van der Waals surface area contributed by atoms with Crippen molar-refractivity contribution >= 4 is 11.6 Å². The summed E-state index contributed by atoms with van der Waals surface area (Å²) < 4.78 is 0. The van der Waals surface area contributed by atoms with Gasteiger partial charge in [0.2, 0.25) is 5.91 Å². The molecule has 1 aromatic rings. The van der Waals surface area contributed by atoms with Gasteiger partial charge < -0.3 is 5.32 Å². The molecule has 0 aliphatic rings. The van der Waals surface area contributed by atoms with Crippen LogP contribution in [-0.4, -0.2) is 15.9 Å². The van der Waals surface area contributed by atoms with Crippen molar-refractivity contribution in [1.82, 2.24) is 9.97 Å². The summed E-state index contributed by atoms with van der Waals surface area (Å²) in [5, 5.41) is 11.4. The monoisotopic (exact) mass is 204 g/mol. The SMILES string of the molecule is CC(C)C(C#N)C(=O)Nc1cncnc1. The molecule has 0 aliphatic carbocycles. The summed E-state index contributed by atoms with van der Waals surface area (Å²) >= 11 is 0. The van der Waals surface area contributed by atoms with E-state index in [4.69, 9.17) is 5.26 Å². The highest BCUT2D eigenvalue weighted by Gasteiger charge is 2.21. The molecule has 0 aromatic carbocycles. The van der Waals surface area contributed by atoms with Crippen LogP contribution in [0, 0.1) is 23.2 Å². The molecule has 1 heterocycles. The van der Waals surface area contributed by atoms with Crippen LogP contribution in [0.25, 0.3) is 0 Å². The largest absolute Gasteiger partial charge is 0.322 e. The van der Waals surface area contributed by atoms with Crippen molar-refractivity contribution in [3.8, 4) is 6.07 Å². The molecule has 15 heavy (non-hydrogen) atoms. The van der Waals surface area contributed by atoms with Gasteiger partial charge in [-0.05, 0) is 5.92 Å². The minimum absolute atomic E-state index is 0.0142. The van der Waals surface area contributed by atoms with Gasteiger partial charge in [-0.15, -0.1) is 0 Å². The van der Waals surface area contributed by atoms with Gasteiger partial charge in [-0.25, -0.2) is 9.97 Å². The zero-order chi connectivity index (χ0) is 11.3. The number of nitrogens with one attached hydrogen (secondary N) is 1. The molecule has 0 radical (unpaired) electrons. The van der Waals surface area contributed by atoms with Crippen molar-refractivity contribution in [2.75, 3.05) is 5.32 Å². The van der Waals surface area contributed by atoms with Crippen molar-refractivity contribution in [2.45, 2.75) is 13.8 Å². The van der Waals surface area contributed by atoms with E-state index in [0.717, 1.165) is 0 Å². The minimum Gasteiger partial charge on any atom is -0.322 e. The minimum atomic E-state index is -0.648. The number of hydrogen-bond acceptors (Lipinski definition) is 4. The highest BCUT2D eigenvalue weighted by Crippen LogP contribution is 2.12. The van der Waals surface area contributed by atoms with E-state index in [2.05, 4.69) is 15.3 Å². The van der Waals surface area contributed by atoms with Crippen molar-refractivity contribution in [1.29, 1.82) is 5.26 Å². The van der Waals surface area contributed by atoms with Gasteiger partial charge in [-0.1, -0.05) is 13.8 Å². The first-order valence-corrected chi connectivity index (χ1v) is 4.60. The molecule has 78 valence electrons. The lowest BCUT2D eigenvalue weighted by Gasteiger charge is -2.12. The predicted octanol–water partition coefficient (Wildman–Crippen LogP) is 1.21. The molecular formula is C10H12N4O. The van der Waals surface area contributed by atoms with Crippen LogP contribution < -0.4 is 5.32 Å². The van der Waals surface area contributed by atoms with E-state index < -0.39 is 5.92 Å². The summed E-state index contributed by atoms with van der Waals surface area (Å²) in [6, 6.07) is 1.97. The smallest absolute Gasteiger partial charge is 0.242 e. The third kappa shape index (κ3) is 3.02. The van der Waals surface area contributed by atoms with E-state index in [1.165, 1.54) is 18.7 Å². The van der Waals surface area contributed by atoms with Crippen molar-refractivity contribution in [3.05, 3.63) is 18.7 Å². The van der Waals surface area contributed by atoms with Gasteiger partial charge >= 0.3 is 0 Å². The molecule has 5 heteroatoms. The first kappa shape index (κ1) is 11.1.